The average molecular weight is 206 g/mol. The van der Waals surface area contributed by atoms with E-state index in [4.69, 9.17) is 5.26 Å². The summed E-state index contributed by atoms with van der Waals surface area (Å²) in [5, 5.41) is 8.71. The van der Waals surface area contributed by atoms with Crippen molar-refractivity contribution in [2.45, 2.75) is 33.1 Å². The molecule has 0 aromatic heterocycles. The van der Waals surface area contributed by atoms with Crippen LogP contribution in [0.15, 0.2) is 0 Å². The second-order valence-corrected chi connectivity index (χ2v) is 5.61. The molecule has 1 aliphatic carbocycles. The minimum atomic E-state index is 0.00235. The van der Waals surface area contributed by atoms with E-state index in [2.05, 4.69) is 19.9 Å². The molecule has 2 atom stereocenters. The van der Waals surface area contributed by atoms with Gasteiger partial charge in [-0.25, -0.2) is 0 Å². The van der Waals surface area contributed by atoms with Crippen LogP contribution in [0.25, 0.3) is 0 Å². The van der Waals surface area contributed by atoms with E-state index in [1.165, 1.54) is 6.42 Å². The maximum atomic E-state index is 12.0. The zero-order chi connectivity index (χ0) is 11.1. The van der Waals surface area contributed by atoms with Crippen molar-refractivity contribution < 1.29 is 4.79 Å². The Labute approximate surface area is 91.1 Å². The highest BCUT2D eigenvalue weighted by Gasteiger charge is 2.46. The van der Waals surface area contributed by atoms with E-state index < -0.39 is 0 Å². The van der Waals surface area contributed by atoms with Crippen LogP contribution in [0.1, 0.15) is 33.1 Å². The first-order valence-corrected chi connectivity index (χ1v) is 5.72. The molecule has 0 bridgehead atoms. The lowest BCUT2D eigenvalue weighted by Crippen LogP contribution is -2.44. The van der Waals surface area contributed by atoms with Crippen molar-refractivity contribution in [2.75, 3.05) is 13.1 Å². The number of hydrogen-bond acceptors (Lipinski definition) is 2. The minimum Gasteiger partial charge on any atom is -0.342 e. The van der Waals surface area contributed by atoms with Crippen LogP contribution in [0.2, 0.25) is 0 Å². The van der Waals surface area contributed by atoms with Crippen LogP contribution in [0.5, 0.6) is 0 Å². The van der Waals surface area contributed by atoms with Crippen LogP contribution < -0.4 is 0 Å². The van der Waals surface area contributed by atoms with Gasteiger partial charge in [0.15, 0.2) is 0 Å². The van der Waals surface area contributed by atoms with Gasteiger partial charge in [-0.3, -0.25) is 4.79 Å². The van der Waals surface area contributed by atoms with Crippen molar-refractivity contribution in [1.29, 1.82) is 5.26 Å². The summed E-state index contributed by atoms with van der Waals surface area (Å²) in [5.41, 5.74) is 0.255. The van der Waals surface area contributed by atoms with Crippen LogP contribution >= 0.6 is 0 Å². The molecule has 1 amide bonds. The van der Waals surface area contributed by atoms with Gasteiger partial charge >= 0.3 is 0 Å². The highest BCUT2D eigenvalue weighted by Crippen LogP contribution is 2.40. The first kappa shape index (κ1) is 10.5. The molecule has 1 aliphatic heterocycles. The topological polar surface area (TPSA) is 44.1 Å². The first-order valence-electron chi connectivity index (χ1n) is 5.72. The van der Waals surface area contributed by atoms with E-state index in [1.807, 2.05) is 4.90 Å². The molecule has 0 spiro atoms. The number of nitriles is 1. The number of piperidine rings is 1. The summed E-state index contributed by atoms with van der Waals surface area (Å²) >= 11 is 0. The Morgan fingerprint density at radius 2 is 2.27 bits per heavy atom. The fraction of sp³-hybridized carbons (Fsp3) is 0.833. The van der Waals surface area contributed by atoms with E-state index in [1.54, 1.807) is 0 Å². The molecular weight excluding hydrogens is 188 g/mol. The van der Waals surface area contributed by atoms with Crippen molar-refractivity contribution in [1.82, 2.24) is 4.90 Å². The standard InChI is InChI=1S/C12H18N2O/c1-12(2)4-3-5-14(8-12)11(15)10-6-9(10)7-13/h9-10H,3-6,8H2,1-2H3. The van der Waals surface area contributed by atoms with E-state index in [-0.39, 0.29) is 23.2 Å². The summed E-state index contributed by atoms with van der Waals surface area (Å²) in [4.78, 5) is 14.0. The van der Waals surface area contributed by atoms with Gasteiger partial charge in [0.1, 0.15) is 0 Å². The van der Waals surface area contributed by atoms with E-state index in [9.17, 15) is 4.79 Å². The lowest BCUT2D eigenvalue weighted by molar-refractivity contribution is -0.135. The first-order chi connectivity index (χ1) is 7.03. The molecular formula is C12H18N2O. The van der Waals surface area contributed by atoms with Crippen LogP contribution in [0, 0.1) is 28.6 Å². The molecule has 1 heterocycles. The maximum absolute atomic E-state index is 12.0. The predicted molar refractivity (Wildman–Crippen MR) is 56.8 cm³/mol. The highest BCUT2D eigenvalue weighted by atomic mass is 16.2. The third kappa shape index (κ3) is 2.14. The van der Waals surface area contributed by atoms with Gasteiger partial charge in [-0.15, -0.1) is 0 Å². The molecule has 1 saturated heterocycles. The molecule has 3 heteroatoms. The molecule has 2 aliphatic rings. The molecule has 15 heavy (non-hydrogen) atoms. The number of carbonyl (C=O) groups is 1. The maximum Gasteiger partial charge on any atom is 0.227 e. The van der Waals surface area contributed by atoms with E-state index in [0.717, 1.165) is 25.9 Å². The van der Waals surface area contributed by atoms with Crippen LogP contribution in [0.4, 0.5) is 0 Å². The largest absolute Gasteiger partial charge is 0.342 e. The lowest BCUT2D eigenvalue weighted by Gasteiger charge is -2.38. The predicted octanol–water partition coefficient (Wildman–Crippen LogP) is 1.79. The summed E-state index contributed by atoms with van der Waals surface area (Å²) < 4.78 is 0. The Morgan fingerprint density at radius 1 is 1.53 bits per heavy atom. The zero-order valence-electron chi connectivity index (χ0n) is 9.49. The number of nitrogens with zero attached hydrogens (tertiary/aromatic N) is 2. The minimum absolute atomic E-state index is 0.00235. The third-order valence-corrected chi connectivity index (χ3v) is 3.49. The quantitative estimate of drug-likeness (QED) is 0.656. The monoisotopic (exact) mass is 206 g/mol. The van der Waals surface area contributed by atoms with Crippen LogP contribution in [0.3, 0.4) is 0 Å². The summed E-state index contributed by atoms with van der Waals surface area (Å²) in [6, 6.07) is 2.18. The summed E-state index contributed by atoms with van der Waals surface area (Å²) in [5.74, 6) is 0.237. The molecule has 2 rings (SSSR count). The van der Waals surface area contributed by atoms with Gasteiger partial charge in [-0.2, -0.15) is 5.26 Å². The molecule has 0 aromatic rings. The fourth-order valence-electron chi connectivity index (χ4n) is 2.46. The van der Waals surface area contributed by atoms with Gasteiger partial charge in [0.25, 0.3) is 0 Å². The van der Waals surface area contributed by atoms with Gasteiger partial charge in [-0.1, -0.05) is 13.8 Å². The summed E-state index contributed by atoms with van der Waals surface area (Å²) in [7, 11) is 0. The molecule has 2 unspecified atom stereocenters. The van der Waals surface area contributed by atoms with Crippen molar-refractivity contribution in [3.8, 4) is 6.07 Å². The van der Waals surface area contributed by atoms with Crippen LogP contribution in [-0.2, 0) is 4.79 Å². The third-order valence-electron chi connectivity index (χ3n) is 3.49. The van der Waals surface area contributed by atoms with E-state index >= 15 is 0 Å². The Balaban J connectivity index is 1.94. The Bertz CT molecular complexity index is 316. The Hall–Kier alpha value is -1.04. The highest BCUT2D eigenvalue weighted by molar-refractivity contribution is 5.82. The second kappa shape index (κ2) is 3.52. The Kier molecular flexibility index (Phi) is 2.46. The van der Waals surface area contributed by atoms with Crippen molar-refractivity contribution in [3.63, 3.8) is 0 Å². The number of carbonyl (C=O) groups excluding carboxylic acids is 1. The van der Waals surface area contributed by atoms with Gasteiger partial charge in [0.05, 0.1) is 17.9 Å². The van der Waals surface area contributed by atoms with Gasteiger partial charge in [0, 0.05) is 13.1 Å². The lowest BCUT2D eigenvalue weighted by atomic mass is 9.84. The van der Waals surface area contributed by atoms with Gasteiger partial charge in [0.2, 0.25) is 5.91 Å². The number of likely N-dealkylation sites (tertiary alicyclic amines) is 1. The zero-order valence-corrected chi connectivity index (χ0v) is 9.49. The SMILES string of the molecule is CC1(C)CCCN(C(=O)C2CC2C#N)C1. The van der Waals surface area contributed by atoms with Gasteiger partial charge in [-0.05, 0) is 24.7 Å². The smallest absolute Gasteiger partial charge is 0.227 e. The molecule has 3 nitrogen and oxygen atoms in total. The summed E-state index contributed by atoms with van der Waals surface area (Å²) in [6.07, 6.45) is 3.08. The van der Waals surface area contributed by atoms with Crippen molar-refractivity contribution in [3.05, 3.63) is 0 Å². The molecule has 0 radical (unpaired) electrons. The Morgan fingerprint density at radius 3 is 2.80 bits per heavy atom. The number of rotatable bonds is 1. The molecule has 1 saturated carbocycles. The average Bonchev–Trinajstić information content (AvgIpc) is 2.94. The van der Waals surface area contributed by atoms with Crippen molar-refractivity contribution >= 4 is 5.91 Å². The van der Waals surface area contributed by atoms with Gasteiger partial charge < -0.3 is 4.90 Å². The number of hydrogen-bond donors (Lipinski definition) is 0. The normalized spacial score (nSPS) is 33.3. The molecule has 2 fully saturated rings. The fourth-order valence-corrected chi connectivity index (χ4v) is 2.46. The molecule has 0 N–H and O–H groups in total. The van der Waals surface area contributed by atoms with Crippen LogP contribution in [-0.4, -0.2) is 23.9 Å². The molecule has 0 aromatic carbocycles. The summed E-state index contributed by atoms with van der Waals surface area (Å²) in [6.45, 7) is 6.17. The number of amides is 1. The second-order valence-electron chi connectivity index (χ2n) is 5.61. The van der Waals surface area contributed by atoms with Crippen molar-refractivity contribution in [2.24, 2.45) is 17.3 Å². The van der Waals surface area contributed by atoms with E-state index in [0.29, 0.717) is 0 Å². The molecule has 82 valence electrons.